The maximum Gasteiger partial charge on any atom is 0.354 e. The fraction of sp³-hybridized carbons (Fsp3) is 0.143. The molecule has 0 aliphatic carbocycles. The predicted molar refractivity (Wildman–Crippen MR) is 38.0 cm³/mol. The molecule has 0 unspecified atom stereocenters. The van der Waals surface area contributed by atoms with Gasteiger partial charge in [-0.05, 0) is 12.0 Å². The van der Waals surface area contributed by atoms with Crippen LogP contribution in [0.5, 0.6) is 0 Å². The van der Waals surface area contributed by atoms with Crippen molar-refractivity contribution in [2.45, 2.75) is 6.42 Å². The molecule has 1 N–H and O–H groups in total. The van der Waals surface area contributed by atoms with Gasteiger partial charge in [0.15, 0.2) is 5.71 Å². The summed E-state index contributed by atoms with van der Waals surface area (Å²) in [7, 11) is 0. The van der Waals surface area contributed by atoms with Crippen molar-refractivity contribution in [1.29, 1.82) is 0 Å². The molecule has 3 heteroatoms. The van der Waals surface area contributed by atoms with Crippen LogP contribution >= 0.6 is 0 Å². The summed E-state index contributed by atoms with van der Waals surface area (Å²) in [6.45, 7) is 3.55. The highest BCUT2D eigenvalue weighted by Crippen LogP contribution is 2.08. The molecule has 1 rings (SSSR count). The molecule has 10 heavy (non-hydrogen) atoms. The van der Waals surface area contributed by atoms with Gasteiger partial charge in [-0.3, -0.25) is 0 Å². The standard InChI is InChI=1S/C7H7NO2/c1-5-3-2-4-8-6(5)7(9)10/h2,4H,1,3H2,(H,9,10). The summed E-state index contributed by atoms with van der Waals surface area (Å²) in [5, 5.41) is 8.48. The Morgan fingerprint density at radius 1 is 1.80 bits per heavy atom. The van der Waals surface area contributed by atoms with E-state index in [2.05, 4.69) is 11.6 Å². The molecule has 0 amide bonds. The van der Waals surface area contributed by atoms with E-state index in [1.165, 1.54) is 6.20 Å². The maximum absolute atomic E-state index is 10.3. The van der Waals surface area contributed by atoms with Gasteiger partial charge in [0.1, 0.15) is 0 Å². The van der Waals surface area contributed by atoms with Crippen LogP contribution in [0.15, 0.2) is 29.4 Å². The summed E-state index contributed by atoms with van der Waals surface area (Å²) in [6, 6.07) is 0. The molecule has 1 aliphatic rings. The molecule has 0 saturated heterocycles. The lowest BCUT2D eigenvalue weighted by Gasteiger charge is -2.04. The lowest BCUT2D eigenvalue weighted by Crippen LogP contribution is -2.15. The third kappa shape index (κ3) is 1.13. The van der Waals surface area contributed by atoms with Gasteiger partial charge in [0.2, 0.25) is 0 Å². The van der Waals surface area contributed by atoms with Crippen LogP contribution in [0, 0.1) is 0 Å². The van der Waals surface area contributed by atoms with Crippen molar-refractivity contribution >= 4 is 11.7 Å². The number of aliphatic imine (C=N–C) groups is 1. The largest absolute Gasteiger partial charge is 0.477 e. The van der Waals surface area contributed by atoms with E-state index in [0.29, 0.717) is 12.0 Å². The lowest BCUT2D eigenvalue weighted by molar-refractivity contribution is -0.129. The van der Waals surface area contributed by atoms with Crippen LogP contribution in [-0.4, -0.2) is 16.8 Å². The highest BCUT2D eigenvalue weighted by Gasteiger charge is 2.13. The number of hydrogen-bond donors (Lipinski definition) is 1. The molecule has 0 saturated carbocycles. The van der Waals surface area contributed by atoms with Gasteiger partial charge in [-0.1, -0.05) is 12.7 Å². The third-order valence-electron chi connectivity index (χ3n) is 1.21. The molecule has 3 nitrogen and oxygen atoms in total. The maximum atomic E-state index is 10.3. The van der Waals surface area contributed by atoms with Gasteiger partial charge in [-0.2, -0.15) is 0 Å². The predicted octanol–water partition coefficient (Wildman–Crippen LogP) is 0.986. The fourth-order valence-electron chi connectivity index (χ4n) is 0.717. The number of nitrogens with zero attached hydrogens (tertiary/aromatic N) is 1. The molecule has 0 bridgehead atoms. The number of aliphatic carboxylic acids is 1. The molecule has 0 atom stereocenters. The van der Waals surface area contributed by atoms with E-state index in [1.54, 1.807) is 6.08 Å². The molecular weight excluding hydrogens is 130 g/mol. The van der Waals surface area contributed by atoms with Gasteiger partial charge in [0.25, 0.3) is 0 Å². The minimum Gasteiger partial charge on any atom is -0.477 e. The number of carbonyl (C=O) groups is 1. The van der Waals surface area contributed by atoms with Crippen molar-refractivity contribution in [3.05, 3.63) is 24.4 Å². The Bertz CT molecular complexity index is 238. The third-order valence-corrected chi connectivity index (χ3v) is 1.21. The molecule has 0 aromatic carbocycles. The van der Waals surface area contributed by atoms with E-state index in [1.807, 2.05) is 0 Å². The second-order valence-electron chi connectivity index (χ2n) is 1.98. The summed E-state index contributed by atoms with van der Waals surface area (Å²) in [5.41, 5.74) is 0.637. The monoisotopic (exact) mass is 137 g/mol. The number of carboxylic acid groups (broad SMARTS) is 1. The van der Waals surface area contributed by atoms with Gasteiger partial charge in [0.05, 0.1) is 0 Å². The van der Waals surface area contributed by atoms with E-state index in [-0.39, 0.29) is 5.71 Å². The zero-order valence-corrected chi connectivity index (χ0v) is 5.37. The van der Waals surface area contributed by atoms with Crippen LogP contribution in [-0.2, 0) is 4.79 Å². The van der Waals surface area contributed by atoms with Crippen LogP contribution in [0.4, 0.5) is 0 Å². The molecule has 0 aromatic rings. The summed E-state index contributed by atoms with van der Waals surface area (Å²) in [4.78, 5) is 14.0. The lowest BCUT2D eigenvalue weighted by atomic mass is 10.1. The van der Waals surface area contributed by atoms with Crippen molar-refractivity contribution in [3.63, 3.8) is 0 Å². The summed E-state index contributed by atoms with van der Waals surface area (Å²) in [6.07, 6.45) is 3.85. The average Bonchev–Trinajstić information content (AvgIpc) is 1.88. The van der Waals surface area contributed by atoms with Crippen molar-refractivity contribution in [2.75, 3.05) is 0 Å². The van der Waals surface area contributed by atoms with Crippen LogP contribution in [0.25, 0.3) is 0 Å². The SMILES string of the molecule is C=C1CC=CN=C1C(=O)O. The molecule has 0 radical (unpaired) electrons. The molecule has 0 spiro atoms. The van der Waals surface area contributed by atoms with Crippen LogP contribution in [0.2, 0.25) is 0 Å². The molecule has 0 fully saturated rings. The second kappa shape index (κ2) is 2.47. The van der Waals surface area contributed by atoms with Crippen LogP contribution in [0.3, 0.4) is 0 Å². The summed E-state index contributed by atoms with van der Waals surface area (Å²) in [5.74, 6) is -1.01. The second-order valence-corrected chi connectivity index (χ2v) is 1.98. The van der Waals surface area contributed by atoms with Crippen LogP contribution < -0.4 is 0 Å². The number of carboxylic acids is 1. The van der Waals surface area contributed by atoms with Gasteiger partial charge < -0.3 is 5.11 Å². The van der Waals surface area contributed by atoms with Crippen molar-refractivity contribution in [3.8, 4) is 0 Å². The average molecular weight is 137 g/mol. The van der Waals surface area contributed by atoms with Crippen molar-refractivity contribution < 1.29 is 9.90 Å². The number of rotatable bonds is 1. The van der Waals surface area contributed by atoms with E-state index in [9.17, 15) is 4.79 Å². The first kappa shape index (κ1) is 6.74. The first-order chi connectivity index (χ1) is 4.72. The normalized spacial score (nSPS) is 16.8. The molecule has 0 aromatic heterocycles. The Kier molecular flexibility index (Phi) is 1.67. The number of allylic oxidation sites excluding steroid dienone is 1. The minimum absolute atomic E-state index is 0.0718. The topological polar surface area (TPSA) is 49.7 Å². The van der Waals surface area contributed by atoms with E-state index >= 15 is 0 Å². The van der Waals surface area contributed by atoms with E-state index in [0.717, 1.165) is 0 Å². The Morgan fingerprint density at radius 3 is 2.90 bits per heavy atom. The summed E-state index contributed by atoms with van der Waals surface area (Å²) >= 11 is 0. The zero-order valence-electron chi connectivity index (χ0n) is 5.37. The molecule has 1 aliphatic heterocycles. The van der Waals surface area contributed by atoms with Crippen LogP contribution in [0.1, 0.15) is 6.42 Å². The van der Waals surface area contributed by atoms with Gasteiger partial charge >= 0.3 is 5.97 Å². The van der Waals surface area contributed by atoms with Crippen molar-refractivity contribution in [1.82, 2.24) is 0 Å². The first-order valence-electron chi connectivity index (χ1n) is 2.86. The molecular formula is C7H7NO2. The van der Waals surface area contributed by atoms with E-state index < -0.39 is 5.97 Å². The first-order valence-corrected chi connectivity index (χ1v) is 2.86. The highest BCUT2D eigenvalue weighted by molar-refractivity contribution is 6.42. The Hall–Kier alpha value is -1.38. The Morgan fingerprint density at radius 2 is 2.50 bits per heavy atom. The fourth-order valence-corrected chi connectivity index (χ4v) is 0.717. The zero-order chi connectivity index (χ0) is 7.56. The summed E-state index contributed by atoms with van der Waals surface area (Å²) < 4.78 is 0. The molecule has 1 heterocycles. The Labute approximate surface area is 58.4 Å². The molecule has 52 valence electrons. The Balaban J connectivity index is 2.91. The van der Waals surface area contributed by atoms with E-state index in [4.69, 9.17) is 5.11 Å². The highest BCUT2D eigenvalue weighted by atomic mass is 16.4. The van der Waals surface area contributed by atoms with Gasteiger partial charge in [-0.25, -0.2) is 9.79 Å². The quantitative estimate of drug-likeness (QED) is 0.585. The van der Waals surface area contributed by atoms with Gasteiger partial charge in [0, 0.05) is 6.20 Å². The number of hydrogen-bond acceptors (Lipinski definition) is 2. The smallest absolute Gasteiger partial charge is 0.354 e. The van der Waals surface area contributed by atoms with Crippen molar-refractivity contribution in [2.24, 2.45) is 4.99 Å². The van der Waals surface area contributed by atoms with Gasteiger partial charge in [-0.15, -0.1) is 0 Å². The minimum atomic E-state index is -1.01.